The van der Waals surface area contributed by atoms with Crippen LogP contribution < -0.4 is 4.57 Å². The van der Waals surface area contributed by atoms with Crippen LogP contribution in [-0.4, -0.2) is 11.5 Å². The highest BCUT2D eigenvalue weighted by atomic mass is 32.2. The summed E-state index contributed by atoms with van der Waals surface area (Å²) in [6.45, 7) is 0. The number of aromatic nitrogens is 1. The number of hydrogen-bond donors (Lipinski definition) is 0. The summed E-state index contributed by atoms with van der Waals surface area (Å²) in [7, 11) is 2.12. The van der Waals surface area contributed by atoms with Gasteiger partial charge in [0.15, 0.2) is 0 Å². The van der Waals surface area contributed by atoms with Crippen molar-refractivity contribution in [2.45, 2.75) is 9.24 Å². The van der Waals surface area contributed by atoms with Crippen LogP contribution in [0.15, 0.2) is 14.7 Å². The van der Waals surface area contributed by atoms with Crippen molar-refractivity contribution in [3.63, 3.8) is 0 Å². The Morgan fingerprint density at radius 3 is 3.00 bits per heavy atom. The monoisotopic (exact) mass is 190 g/mol. The van der Waals surface area contributed by atoms with Crippen LogP contribution in [0.25, 0.3) is 0 Å². The smallest absolute Gasteiger partial charge is 0.185 e. The molecule has 4 heteroatoms. The van der Waals surface area contributed by atoms with Crippen molar-refractivity contribution in [1.29, 1.82) is 0 Å². The first-order valence-electron chi connectivity index (χ1n) is 3.10. The van der Waals surface area contributed by atoms with E-state index in [1.807, 2.05) is 34.9 Å². The van der Waals surface area contributed by atoms with Crippen molar-refractivity contribution in [2.75, 3.05) is 11.5 Å². The third kappa shape index (κ3) is 1.08. The van der Waals surface area contributed by atoms with Crippen molar-refractivity contribution in [1.82, 2.24) is 0 Å². The predicted molar refractivity (Wildman–Crippen MR) is 46.9 cm³/mol. The standard InChI is InChI=1S/C6H8NS3/c1-7-4-10-6-5(7)8-2-3-9-6/h4H,2-3H2,1H3/q+1. The summed E-state index contributed by atoms with van der Waals surface area (Å²) in [5.74, 6) is 2.54. The molecule has 1 nitrogen and oxygen atoms in total. The fourth-order valence-corrected chi connectivity index (χ4v) is 4.58. The summed E-state index contributed by atoms with van der Waals surface area (Å²) in [5, 5.41) is 1.46. The van der Waals surface area contributed by atoms with Crippen LogP contribution >= 0.6 is 34.9 Å². The number of nitrogens with zero attached hydrogens (tertiary/aromatic N) is 1. The Hall–Kier alpha value is 0.330. The van der Waals surface area contributed by atoms with Gasteiger partial charge in [-0.15, -0.1) is 11.8 Å². The lowest BCUT2D eigenvalue weighted by molar-refractivity contribution is -0.705. The molecule has 0 aromatic carbocycles. The van der Waals surface area contributed by atoms with Gasteiger partial charge in [0, 0.05) is 11.5 Å². The van der Waals surface area contributed by atoms with Crippen LogP contribution in [0.1, 0.15) is 0 Å². The van der Waals surface area contributed by atoms with Crippen molar-refractivity contribution >= 4 is 34.9 Å². The largest absolute Gasteiger partial charge is 0.264 e. The Morgan fingerprint density at radius 2 is 2.20 bits per heavy atom. The van der Waals surface area contributed by atoms with Gasteiger partial charge in [0.25, 0.3) is 5.03 Å². The molecule has 1 aromatic heterocycles. The van der Waals surface area contributed by atoms with E-state index in [4.69, 9.17) is 0 Å². The third-order valence-electron chi connectivity index (χ3n) is 1.37. The summed E-state index contributed by atoms with van der Waals surface area (Å²) < 4.78 is 3.72. The highest BCUT2D eigenvalue weighted by molar-refractivity contribution is 8.06. The van der Waals surface area contributed by atoms with Gasteiger partial charge in [-0.3, -0.25) is 0 Å². The first kappa shape index (κ1) is 7.00. The van der Waals surface area contributed by atoms with Gasteiger partial charge in [0.1, 0.15) is 11.3 Å². The van der Waals surface area contributed by atoms with Crippen LogP contribution in [0.2, 0.25) is 0 Å². The molecule has 0 spiro atoms. The number of aryl methyl sites for hydroxylation is 1. The first-order chi connectivity index (χ1) is 4.88. The maximum atomic E-state index is 2.22. The maximum Gasteiger partial charge on any atom is 0.264 e. The van der Waals surface area contributed by atoms with E-state index in [0.29, 0.717) is 0 Å². The number of thiazole rings is 1. The van der Waals surface area contributed by atoms with Crippen molar-refractivity contribution in [3.05, 3.63) is 5.51 Å². The Bertz CT molecular complexity index is 243. The molecule has 0 fully saturated rings. The molecule has 1 aliphatic heterocycles. The molecule has 0 radical (unpaired) electrons. The normalized spacial score (nSPS) is 16.9. The van der Waals surface area contributed by atoms with Gasteiger partial charge in [-0.1, -0.05) is 23.1 Å². The quantitative estimate of drug-likeness (QED) is 0.574. The fourth-order valence-electron chi connectivity index (χ4n) is 0.898. The van der Waals surface area contributed by atoms with E-state index in [9.17, 15) is 0 Å². The second kappa shape index (κ2) is 2.75. The summed E-state index contributed by atoms with van der Waals surface area (Å²) in [6, 6.07) is 0. The molecule has 0 N–H and O–H groups in total. The van der Waals surface area contributed by atoms with E-state index >= 15 is 0 Å². The van der Waals surface area contributed by atoms with Gasteiger partial charge >= 0.3 is 0 Å². The van der Waals surface area contributed by atoms with Gasteiger partial charge in [-0.05, 0) is 0 Å². The second-order valence-corrected chi connectivity index (χ2v) is 5.43. The topological polar surface area (TPSA) is 3.88 Å². The molecule has 10 heavy (non-hydrogen) atoms. The summed E-state index contributed by atoms with van der Waals surface area (Å²) in [5.41, 5.74) is 2.18. The molecule has 0 saturated heterocycles. The summed E-state index contributed by atoms with van der Waals surface area (Å²) >= 11 is 5.82. The molecular formula is C6H8NS3+. The molecule has 2 heterocycles. The van der Waals surface area contributed by atoms with Gasteiger partial charge in [0.05, 0.1) is 0 Å². The molecule has 0 aliphatic carbocycles. The van der Waals surface area contributed by atoms with Crippen LogP contribution in [0.5, 0.6) is 0 Å². The summed E-state index contributed by atoms with van der Waals surface area (Å²) in [6.07, 6.45) is 0. The van der Waals surface area contributed by atoms with Gasteiger partial charge in [-0.2, -0.15) is 4.57 Å². The third-order valence-corrected chi connectivity index (χ3v) is 5.39. The highest BCUT2D eigenvalue weighted by Gasteiger charge is 2.21. The van der Waals surface area contributed by atoms with Gasteiger partial charge < -0.3 is 0 Å². The van der Waals surface area contributed by atoms with Crippen molar-refractivity contribution < 1.29 is 4.57 Å². The maximum absolute atomic E-state index is 2.22. The Balaban J connectivity index is 2.45. The molecule has 0 bridgehead atoms. The molecule has 54 valence electrons. The predicted octanol–water partition coefficient (Wildman–Crippen LogP) is 1.77. The molecule has 0 unspecified atom stereocenters. The van der Waals surface area contributed by atoms with E-state index in [2.05, 4.69) is 17.1 Å². The average molecular weight is 190 g/mol. The number of fused-ring (bicyclic) bond motifs is 1. The van der Waals surface area contributed by atoms with E-state index in [0.717, 1.165) is 0 Å². The SMILES string of the molecule is C[n+]1csc2c1SCCS2. The Labute approximate surface area is 72.8 Å². The van der Waals surface area contributed by atoms with E-state index in [1.54, 1.807) is 0 Å². The lowest BCUT2D eigenvalue weighted by atomic mass is 10.9. The number of hydrogen-bond acceptors (Lipinski definition) is 3. The second-order valence-electron chi connectivity index (χ2n) is 2.12. The van der Waals surface area contributed by atoms with E-state index < -0.39 is 0 Å². The van der Waals surface area contributed by atoms with E-state index in [1.165, 1.54) is 20.7 Å². The number of thioether (sulfide) groups is 2. The highest BCUT2D eigenvalue weighted by Crippen LogP contribution is 2.36. The molecule has 0 amide bonds. The lowest BCUT2D eigenvalue weighted by Crippen LogP contribution is -2.27. The molecule has 2 rings (SSSR count). The molecule has 1 aliphatic rings. The zero-order chi connectivity index (χ0) is 6.97. The van der Waals surface area contributed by atoms with Crippen molar-refractivity contribution in [2.24, 2.45) is 7.05 Å². The van der Waals surface area contributed by atoms with Crippen LogP contribution in [0, 0.1) is 0 Å². The summed E-state index contributed by atoms with van der Waals surface area (Å²) in [4.78, 5) is 0. The Kier molecular flexibility index (Phi) is 1.93. The fraction of sp³-hybridized carbons (Fsp3) is 0.500. The first-order valence-corrected chi connectivity index (χ1v) is 5.96. The van der Waals surface area contributed by atoms with Crippen LogP contribution in [0.4, 0.5) is 0 Å². The molecular weight excluding hydrogens is 182 g/mol. The Morgan fingerprint density at radius 1 is 1.40 bits per heavy atom. The van der Waals surface area contributed by atoms with Crippen LogP contribution in [-0.2, 0) is 7.05 Å². The van der Waals surface area contributed by atoms with Crippen LogP contribution in [0.3, 0.4) is 0 Å². The van der Waals surface area contributed by atoms with Gasteiger partial charge in [0.2, 0.25) is 5.51 Å². The minimum atomic E-state index is 1.27. The average Bonchev–Trinajstić information content (AvgIpc) is 2.34. The van der Waals surface area contributed by atoms with Gasteiger partial charge in [-0.25, -0.2) is 0 Å². The lowest BCUT2D eigenvalue weighted by Gasteiger charge is -2.03. The van der Waals surface area contributed by atoms with E-state index in [-0.39, 0.29) is 0 Å². The molecule has 1 aromatic rings. The van der Waals surface area contributed by atoms with Crippen molar-refractivity contribution in [3.8, 4) is 0 Å². The minimum Gasteiger partial charge on any atom is -0.185 e. The number of rotatable bonds is 0. The zero-order valence-electron chi connectivity index (χ0n) is 5.66. The molecule has 0 atom stereocenters. The minimum absolute atomic E-state index is 1.27. The zero-order valence-corrected chi connectivity index (χ0v) is 8.11. The molecule has 0 saturated carbocycles.